The van der Waals surface area contributed by atoms with Crippen LogP contribution in [0.3, 0.4) is 0 Å². The molecule has 1 heterocycles. The van der Waals surface area contributed by atoms with Gasteiger partial charge in [0.25, 0.3) is 0 Å². The normalized spacial score (nSPS) is 21.2. The van der Waals surface area contributed by atoms with Crippen LogP contribution >= 0.6 is 15.9 Å². The Balaban J connectivity index is 1.70. The summed E-state index contributed by atoms with van der Waals surface area (Å²) < 4.78 is 1.04. The van der Waals surface area contributed by atoms with Gasteiger partial charge in [-0.25, -0.2) is 4.98 Å². The highest BCUT2D eigenvalue weighted by Crippen LogP contribution is 2.28. The predicted octanol–water partition coefficient (Wildman–Crippen LogP) is 4.36. The Morgan fingerprint density at radius 3 is 2.58 bits per heavy atom. The van der Waals surface area contributed by atoms with Crippen molar-refractivity contribution in [2.45, 2.75) is 38.6 Å². The molecule has 0 radical (unpaired) electrons. The average Bonchev–Trinajstić information content (AvgIpc) is 2.54. The molecule has 0 unspecified atom stereocenters. The number of carbonyl (C=O) groups excluding carboxylic acids is 1. The van der Waals surface area contributed by atoms with Crippen molar-refractivity contribution < 1.29 is 4.79 Å². The van der Waals surface area contributed by atoms with Gasteiger partial charge in [0.2, 0.25) is 5.91 Å². The molecule has 1 amide bonds. The molecule has 3 rings (SSSR count). The van der Waals surface area contributed by atoms with Gasteiger partial charge in [-0.15, -0.1) is 0 Å². The van der Waals surface area contributed by atoms with E-state index < -0.39 is 0 Å². The van der Waals surface area contributed by atoms with Crippen LogP contribution in [0, 0.1) is 12.8 Å². The summed E-state index contributed by atoms with van der Waals surface area (Å²) in [5.74, 6) is 0.841. The molecule has 0 atom stereocenters. The summed E-state index contributed by atoms with van der Waals surface area (Å²) in [6.45, 7) is 2.07. The lowest BCUT2D eigenvalue weighted by Crippen LogP contribution is -2.35. The fraction of sp³-hybridized carbons (Fsp3) is 0.474. The van der Waals surface area contributed by atoms with E-state index in [2.05, 4.69) is 64.3 Å². The number of nitrogens with one attached hydrogen (secondary N) is 1. The number of aryl methyl sites for hydroxylation is 1. The SMILES string of the molecule is Cc1cc(Br)cc2cc(NC(=O)C3CCC(N(C)C)CC3)ncc12. The highest BCUT2D eigenvalue weighted by atomic mass is 79.9. The van der Waals surface area contributed by atoms with E-state index in [9.17, 15) is 4.79 Å². The van der Waals surface area contributed by atoms with Gasteiger partial charge < -0.3 is 10.2 Å². The van der Waals surface area contributed by atoms with Gasteiger partial charge >= 0.3 is 0 Å². The van der Waals surface area contributed by atoms with Crippen LogP contribution in [0.25, 0.3) is 10.8 Å². The highest BCUT2D eigenvalue weighted by Gasteiger charge is 2.27. The molecule has 0 spiro atoms. The third-order valence-corrected chi connectivity index (χ3v) is 5.52. The van der Waals surface area contributed by atoms with Gasteiger partial charge in [-0.2, -0.15) is 0 Å². The topological polar surface area (TPSA) is 45.2 Å². The van der Waals surface area contributed by atoms with E-state index in [0.717, 1.165) is 40.9 Å². The summed E-state index contributed by atoms with van der Waals surface area (Å²) in [6, 6.07) is 6.69. The van der Waals surface area contributed by atoms with Crippen molar-refractivity contribution >= 4 is 38.4 Å². The zero-order valence-electron chi connectivity index (χ0n) is 14.5. The van der Waals surface area contributed by atoms with Gasteiger partial charge in [0.1, 0.15) is 5.82 Å². The van der Waals surface area contributed by atoms with Crippen LogP contribution in [0.15, 0.2) is 28.9 Å². The minimum atomic E-state index is 0.0999. The molecule has 1 N–H and O–H groups in total. The van der Waals surface area contributed by atoms with Gasteiger partial charge in [-0.05, 0) is 75.9 Å². The molecule has 1 saturated carbocycles. The molecule has 1 aromatic carbocycles. The Bertz CT molecular complexity index is 752. The lowest BCUT2D eigenvalue weighted by atomic mass is 9.85. The molecule has 1 fully saturated rings. The van der Waals surface area contributed by atoms with E-state index in [-0.39, 0.29) is 11.8 Å². The number of hydrogen-bond donors (Lipinski definition) is 1. The smallest absolute Gasteiger partial charge is 0.228 e. The molecular formula is C19H24BrN3O. The van der Waals surface area contributed by atoms with Gasteiger partial charge in [0.15, 0.2) is 0 Å². The first kappa shape index (κ1) is 17.4. The van der Waals surface area contributed by atoms with Crippen molar-refractivity contribution in [1.82, 2.24) is 9.88 Å². The number of halogens is 1. The molecule has 4 nitrogen and oxygen atoms in total. The van der Waals surface area contributed by atoms with E-state index in [1.54, 1.807) is 0 Å². The number of aromatic nitrogens is 1. The summed E-state index contributed by atoms with van der Waals surface area (Å²) in [5, 5.41) is 5.21. The summed E-state index contributed by atoms with van der Waals surface area (Å²) >= 11 is 3.53. The summed E-state index contributed by atoms with van der Waals surface area (Å²) in [4.78, 5) is 19.2. The van der Waals surface area contributed by atoms with Crippen LogP contribution in [0.1, 0.15) is 31.2 Å². The number of anilines is 1. The second-order valence-electron chi connectivity index (χ2n) is 6.97. The van der Waals surface area contributed by atoms with Crippen molar-refractivity contribution in [2.75, 3.05) is 19.4 Å². The predicted molar refractivity (Wildman–Crippen MR) is 102 cm³/mol. The van der Waals surface area contributed by atoms with E-state index in [1.807, 2.05) is 12.3 Å². The number of pyridine rings is 1. The Hall–Kier alpha value is -1.46. The molecule has 24 heavy (non-hydrogen) atoms. The maximum atomic E-state index is 12.5. The Morgan fingerprint density at radius 2 is 1.92 bits per heavy atom. The van der Waals surface area contributed by atoms with E-state index in [1.165, 1.54) is 5.56 Å². The minimum absolute atomic E-state index is 0.0999. The molecule has 1 aliphatic rings. The van der Waals surface area contributed by atoms with Crippen LogP contribution in [-0.2, 0) is 4.79 Å². The van der Waals surface area contributed by atoms with Crippen molar-refractivity contribution in [1.29, 1.82) is 0 Å². The lowest BCUT2D eigenvalue weighted by molar-refractivity contribution is -0.121. The third-order valence-electron chi connectivity index (χ3n) is 5.06. The number of amides is 1. The summed E-state index contributed by atoms with van der Waals surface area (Å²) in [5.41, 5.74) is 1.17. The van der Waals surface area contributed by atoms with Gasteiger partial charge in [0, 0.05) is 28.0 Å². The molecule has 2 aromatic rings. The number of nitrogens with zero attached hydrogens (tertiary/aromatic N) is 2. The van der Waals surface area contributed by atoms with Gasteiger partial charge in [-0.1, -0.05) is 15.9 Å². The minimum Gasteiger partial charge on any atom is -0.310 e. The monoisotopic (exact) mass is 389 g/mol. The summed E-state index contributed by atoms with van der Waals surface area (Å²) in [7, 11) is 4.23. The highest BCUT2D eigenvalue weighted by molar-refractivity contribution is 9.10. The number of fused-ring (bicyclic) bond motifs is 1. The van der Waals surface area contributed by atoms with Crippen LogP contribution in [0.5, 0.6) is 0 Å². The quantitative estimate of drug-likeness (QED) is 0.847. The maximum Gasteiger partial charge on any atom is 0.228 e. The fourth-order valence-corrected chi connectivity index (χ4v) is 4.14. The average molecular weight is 390 g/mol. The zero-order chi connectivity index (χ0) is 17.3. The fourth-order valence-electron chi connectivity index (χ4n) is 3.55. The van der Waals surface area contributed by atoms with E-state index in [0.29, 0.717) is 11.9 Å². The van der Waals surface area contributed by atoms with E-state index >= 15 is 0 Å². The third kappa shape index (κ3) is 3.78. The molecule has 1 aliphatic carbocycles. The number of hydrogen-bond acceptors (Lipinski definition) is 3. The maximum absolute atomic E-state index is 12.5. The Morgan fingerprint density at radius 1 is 1.21 bits per heavy atom. The number of benzene rings is 1. The molecule has 0 bridgehead atoms. The second-order valence-corrected chi connectivity index (χ2v) is 7.89. The summed E-state index contributed by atoms with van der Waals surface area (Å²) in [6.07, 6.45) is 5.92. The molecule has 5 heteroatoms. The standard InChI is InChI=1S/C19H24BrN3O/c1-12-8-15(20)9-14-10-18(21-11-17(12)14)22-19(24)13-4-6-16(7-5-13)23(2)3/h8-11,13,16H,4-7H2,1-3H3,(H,21,22,24). The molecule has 0 aliphatic heterocycles. The van der Waals surface area contributed by atoms with Crippen molar-refractivity contribution in [3.63, 3.8) is 0 Å². The van der Waals surface area contributed by atoms with Crippen molar-refractivity contribution in [3.05, 3.63) is 34.4 Å². The Kier molecular flexibility index (Phi) is 5.21. The van der Waals surface area contributed by atoms with Crippen LogP contribution < -0.4 is 5.32 Å². The first-order valence-corrected chi connectivity index (χ1v) is 9.26. The Labute approximate surface area is 151 Å². The first-order valence-electron chi connectivity index (χ1n) is 8.47. The lowest BCUT2D eigenvalue weighted by Gasteiger charge is -2.31. The molecular weight excluding hydrogens is 366 g/mol. The van der Waals surface area contributed by atoms with Gasteiger partial charge in [0.05, 0.1) is 0 Å². The molecule has 1 aromatic heterocycles. The zero-order valence-corrected chi connectivity index (χ0v) is 16.1. The largest absolute Gasteiger partial charge is 0.310 e. The molecule has 128 valence electrons. The van der Waals surface area contributed by atoms with Crippen LogP contribution in [0.4, 0.5) is 5.82 Å². The molecule has 0 saturated heterocycles. The van der Waals surface area contributed by atoms with Crippen molar-refractivity contribution in [3.8, 4) is 0 Å². The van der Waals surface area contributed by atoms with Gasteiger partial charge in [-0.3, -0.25) is 4.79 Å². The first-order chi connectivity index (χ1) is 11.4. The number of rotatable bonds is 3. The van der Waals surface area contributed by atoms with Crippen LogP contribution in [0.2, 0.25) is 0 Å². The van der Waals surface area contributed by atoms with Crippen molar-refractivity contribution in [2.24, 2.45) is 5.92 Å². The van der Waals surface area contributed by atoms with E-state index in [4.69, 9.17) is 0 Å². The number of carbonyl (C=O) groups is 1. The van der Waals surface area contributed by atoms with Crippen LogP contribution in [-0.4, -0.2) is 35.9 Å². The second kappa shape index (κ2) is 7.19.